The maximum Gasteiger partial charge on any atom is 0.417 e. The summed E-state index contributed by atoms with van der Waals surface area (Å²) in [5, 5.41) is 8.81. The minimum atomic E-state index is -0.910. The Bertz CT molecular complexity index is 566. The first-order valence-electron chi connectivity index (χ1n) is 4.43. The number of aromatic nitrogens is 1. The first kappa shape index (κ1) is 9.51. The van der Waals surface area contributed by atoms with Gasteiger partial charge in [-0.1, -0.05) is 6.07 Å². The van der Waals surface area contributed by atoms with Crippen LogP contribution in [0.25, 0.3) is 11.1 Å². The molecule has 0 amide bonds. The van der Waals surface area contributed by atoms with E-state index in [-0.39, 0.29) is 0 Å². The number of aliphatic carboxylic acids is 1. The van der Waals surface area contributed by atoms with Gasteiger partial charge in [0, 0.05) is 0 Å². The molecule has 15 heavy (non-hydrogen) atoms. The normalized spacial score (nSPS) is 12.9. The molecule has 2 aromatic rings. The van der Waals surface area contributed by atoms with Gasteiger partial charge in [-0.15, -0.1) is 0 Å². The van der Waals surface area contributed by atoms with Crippen molar-refractivity contribution in [2.45, 2.75) is 12.8 Å². The van der Waals surface area contributed by atoms with Crippen LogP contribution in [0.15, 0.2) is 27.4 Å². The number of hydrogen-bond donors (Lipinski definition) is 2. The van der Waals surface area contributed by atoms with E-state index in [4.69, 9.17) is 9.52 Å². The highest BCUT2D eigenvalue weighted by Gasteiger charge is 2.14. The van der Waals surface area contributed by atoms with E-state index < -0.39 is 17.6 Å². The molecule has 0 aliphatic heterocycles. The lowest BCUT2D eigenvalue weighted by molar-refractivity contribution is -0.138. The molecule has 1 heterocycles. The quantitative estimate of drug-likeness (QED) is 0.777. The molecule has 1 unspecified atom stereocenters. The predicted octanol–water partition coefficient (Wildman–Crippen LogP) is 1.31. The number of carbonyl (C=O) groups is 1. The van der Waals surface area contributed by atoms with E-state index in [0.717, 1.165) is 0 Å². The molecule has 78 valence electrons. The second-order valence-electron chi connectivity index (χ2n) is 3.33. The smallest absolute Gasteiger partial charge is 0.417 e. The number of nitrogens with one attached hydrogen (secondary N) is 1. The molecule has 2 rings (SSSR count). The zero-order valence-electron chi connectivity index (χ0n) is 7.98. The van der Waals surface area contributed by atoms with Crippen molar-refractivity contribution in [3.63, 3.8) is 0 Å². The van der Waals surface area contributed by atoms with Crippen LogP contribution in [0.2, 0.25) is 0 Å². The van der Waals surface area contributed by atoms with Gasteiger partial charge in [-0.2, -0.15) is 0 Å². The molecule has 5 nitrogen and oxygen atoms in total. The van der Waals surface area contributed by atoms with Crippen LogP contribution in [-0.4, -0.2) is 16.1 Å². The Balaban J connectivity index is 2.55. The fraction of sp³-hybridized carbons (Fsp3) is 0.200. The Hall–Kier alpha value is -2.04. The molecule has 5 heteroatoms. The molecule has 0 bridgehead atoms. The van der Waals surface area contributed by atoms with Crippen molar-refractivity contribution in [3.05, 3.63) is 34.3 Å². The SMILES string of the molecule is CC(C(=O)O)c1ccc2[nH]c(=O)oc2c1. The number of oxazole rings is 1. The molecular weight excluding hydrogens is 198 g/mol. The van der Waals surface area contributed by atoms with Crippen molar-refractivity contribution in [2.24, 2.45) is 0 Å². The molecule has 0 saturated heterocycles. The second-order valence-corrected chi connectivity index (χ2v) is 3.33. The van der Waals surface area contributed by atoms with Crippen LogP contribution in [-0.2, 0) is 4.79 Å². The van der Waals surface area contributed by atoms with Gasteiger partial charge in [0.2, 0.25) is 0 Å². The number of rotatable bonds is 2. The number of carboxylic acids is 1. The molecule has 0 saturated carbocycles. The Morgan fingerprint density at radius 3 is 2.93 bits per heavy atom. The predicted molar refractivity (Wildman–Crippen MR) is 52.9 cm³/mol. The van der Waals surface area contributed by atoms with Crippen LogP contribution in [0.4, 0.5) is 0 Å². The summed E-state index contributed by atoms with van der Waals surface area (Å²) in [6.45, 7) is 1.58. The zero-order chi connectivity index (χ0) is 11.0. The molecule has 2 N–H and O–H groups in total. The molecular formula is C10H9NO4. The Morgan fingerprint density at radius 2 is 2.27 bits per heavy atom. The van der Waals surface area contributed by atoms with Crippen LogP contribution < -0.4 is 5.76 Å². The zero-order valence-corrected chi connectivity index (χ0v) is 7.98. The van der Waals surface area contributed by atoms with Gasteiger partial charge in [0.1, 0.15) is 0 Å². The maximum atomic E-state index is 10.9. The average molecular weight is 207 g/mol. The molecule has 1 atom stereocenters. The van der Waals surface area contributed by atoms with E-state index in [0.29, 0.717) is 16.7 Å². The van der Waals surface area contributed by atoms with Gasteiger partial charge < -0.3 is 9.52 Å². The highest BCUT2D eigenvalue weighted by Crippen LogP contribution is 2.19. The van der Waals surface area contributed by atoms with Crippen molar-refractivity contribution in [1.82, 2.24) is 4.98 Å². The van der Waals surface area contributed by atoms with Crippen molar-refractivity contribution in [3.8, 4) is 0 Å². The first-order chi connectivity index (χ1) is 7.08. The molecule has 1 aromatic carbocycles. The summed E-state index contributed by atoms with van der Waals surface area (Å²) in [7, 11) is 0. The van der Waals surface area contributed by atoms with Crippen molar-refractivity contribution >= 4 is 17.1 Å². The number of aromatic amines is 1. The third-order valence-electron chi connectivity index (χ3n) is 2.32. The van der Waals surface area contributed by atoms with E-state index in [1.54, 1.807) is 25.1 Å². The largest absolute Gasteiger partial charge is 0.481 e. The van der Waals surface area contributed by atoms with Crippen molar-refractivity contribution in [1.29, 1.82) is 0 Å². The van der Waals surface area contributed by atoms with Gasteiger partial charge in [0.15, 0.2) is 5.58 Å². The van der Waals surface area contributed by atoms with E-state index in [9.17, 15) is 9.59 Å². The molecule has 0 radical (unpaired) electrons. The van der Waals surface area contributed by atoms with Crippen molar-refractivity contribution in [2.75, 3.05) is 0 Å². The van der Waals surface area contributed by atoms with Gasteiger partial charge in [0.05, 0.1) is 11.4 Å². The second kappa shape index (κ2) is 3.27. The number of benzene rings is 1. The summed E-state index contributed by atoms with van der Waals surface area (Å²) < 4.78 is 4.83. The van der Waals surface area contributed by atoms with Crippen LogP contribution in [0, 0.1) is 0 Å². The van der Waals surface area contributed by atoms with Gasteiger partial charge in [-0.3, -0.25) is 9.78 Å². The van der Waals surface area contributed by atoms with Gasteiger partial charge >= 0.3 is 11.7 Å². The monoisotopic (exact) mass is 207 g/mol. The third-order valence-corrected chi connectivity index (χ3v) is 2.32. The Morgan fingerprint density at radius 1 is 1.53 bits per heavy atom. The fourth-order valence-corrected chi connectivity index (χ4v) is 1.37. The summed E-state index contributed by atoms with van der Waals surface area (Å²) >= 11 is 0. The summed E-state index contributed by atoms with van der Waals surface area (Å²) in [4.78, 5) is 24.1. The molecule has 0 fully saturated rings. The molecule has 1 aromatic heterocycles. The van der Waals surface area contributed by atoms with E-state index in [2.05, 4.69) is 4.98 Å². The molecule has 0 aliphatic rings. The summed E-state index contributed by atoms with van der Waals surface area (Å²) in [5.41, 5.74) is 1.56. The summed E-state index contributed by atoms with van der Waals surface area (Å²) in [6, 6.07) is 4.85. The van der Waals surface area contributed by atoms with E-state index in [1.165, 1.54) is 0 Å². The number of hydrogen-bond acceptors (Lipinski definition) is 3. The number of H-pyrrole nitrogens is 1. The van der Waals surface area contributed by atoms with E-state index in [1.807, 2.05) is 0 Å². The van der Waals surface area contributed by atoms with Gasteiger partial charge in [0.25, 0.3) is 0 Å². The standard InChI is InChI=1S/C10H9NO4/c1-5(9(12)13)6-2-3-7-8(4-6)15-10(14)11-7/h2-5H,1H3,(H,11,14)(H,12,13). The molecule has 0 spiro atoms. The Kier molecular flexibility index (Phi) is 2.07. The minimum absolute atomic E-state index is 0.380. The van der Waals surface area contributed by atoms with Crippen molar-refractivity contribution < 1.29 is 14.3 Å². The molecule has 0 aliphatic carbocycles. The van der Waals surface area contributed by atoms with Gasteiger partial charge in [-0.25, -0.2) is 4.79 Å². The lowest BCUT2D eigenvalue weighted by atomic mass is 10.0. The summed E-state index contributed by atoms with van der Waals surface area (Å²) in [6.07, 6.45) is 0. The highest BCUT2D eigenvalue weighted by atomic mass is 16.4. The lowest BCUT2D eigenvalue weighted by Gasteiger charge is -2.04. The topological polar surface area (TPSA) is 83.3 Å². The maximum absolute atomic E-state index is 10.9. The lowest BCUT2D eigenvalue weighted by Crippen LogP contribution is -2.06. The highest BCUT2D eigenvalue weighted by molar-refractivity contribution is 5.79. The fourth-order valence-electron chi connectivity index (χ4n) is 1.37. The van der Waals surface area contributed by atoms with Gasteiger partial charge in [-0.05, 0) is 24.6 Å². The first-order valence-corrected chi connectivity index (χ1v) is 4.43. The van der Waals surface area contributed by atoms with Crippen LogP contribution in [0.5, 0.6) is 0 Å². The van der Waals surface area contributed by atoms with Crippen LogP contribution in [0.1, 0.15) is 18.4 Å². The minimum Gasteiger partial charge on any atom is -0.481 e. The third kappa shape index (κ3) is 1.63. The number of fused-ring (bicyclic) bond motifs is 1. The Labute approximate surface area is 84.3 Å². The van der Waals surface area contributed by atoms with Crippen LogP contribution in [0.3, 0.4) is 0 Å². The van der Waals surface area contributed by atoms with E-state index >= 15 is 0 Å². The summed E-state index contributed by atoms with van der Waals surface area (Å²) in [5.74, 6) is -2.06. The average Bonchev–Trinajstić information content (AvgIpc) is 2.55. The van der Waals surface area contributed by atoms with Crippen LogP contribution >= 0.6 is 0 Å². The number of carboxylic acid groups (broad SMARTS) is 1.